The average Bonchev–Trinajstić information content (AvgIpc) is 3.32. The Kier molecular flexibility index (Phi) is 6.47. The SMILES string of the molecule is O=C(NCC(O)CC(=O)N1CC2CCC(C1)C2C(=O)O)OCC1c2ccccc2-c2ccccc21. The van der Waals surface area contributed by atoms with Crippen LogP contribution in [-0.4, -0.2) is 65.4 Å². The average molecular weight is 479 g/mol. The summed E-state index contributed by atoms with van der Waals surface area (Å²) >= 11 is 0. The van der Waals surface area contributed by atoms with Gasteiger partial charge in [-0.25, -0.2) is 4.79 Å². The van der Waals surface area contributed by atoms with Crippen LogP contribution in [0.2, 0.25) is 0 Å². The molecule has 0 spiro atoms. The third kappa shape index (κ3) is 4.62. The van der Waals surface area contributed by atoms with Crippen molar-refractivity contribution >= 4 is 18.0 Å². The molecule has 2 aromatic rings. The van der Waals surface area contributed by atoms with Gasteiger partial charge in [0, 0.05) is 25.6 Å². The molecule has 1 saturated carbocycles. The van der Waals surface area contributed by atoms with Crippen LogP contribution >= 0.6 is 0 Å². The minimum absolute atomic E-state index is 0.0219. The first-order valence-electron chi connectivity index (χ1n) is 12.2. The number of hydrogen-bond acceptors (Lipinski definition) is 5. The first kappa shape index (κ1) is 23.4. The predicted molar refractivity (Wildman–Crippen MR) is 128 cm³/mol. The van der Waals surface area contributed by atoms with Gasteiger partial charge in [-0.2, -0.15) is 0 Å². The molecule has 35 heavy (non-hydrogen) atoms. The van der Waals surface area contributed by atoms with Crippen LogP contribution < -0.4 is 5.32 Å². The number of carbonyl (C=O) groups excluding carboxylic acids is 2. The number of carboxylic acids is 1. The first-order chi connectivity index (χ1) is 16.9. The Hall–Kier alpha value is -3.39. The lowest BCUT2D eigenvalue weighted by Crippen LogP contribution is -2.48. The highest BCUT2D eigenvalue weighted by atomic mass is 16.5. The summed E-state index contributed by atoms with van der Waals surface area (Å²) < 4.78 is 5.47. The van der Waals surface area contributed by atoms with Gasteiger partial charge < -0.3 is 25.2 Å². The zero-order chi connectivity index (χ0) is 24.5. The van der Waals surface area contributed by atoms with Crippen molar-refractivity contribution < 1.29 is 29.3 Å². The highest BCUT2D eigenvalue weighted by Crippen LogP contribution is 2.44. The predicted octanol–water partition coefficient (Wildman–Crippen LogP) is 2.85. The number of ether oxygens (including phenoxy) is 1. The maximum atomic E-state index is 12.7. The number of carbonyl (C=O) groups is 3. The number of nitrogens with one attached hydrogen (secondary N) is 1. The number of carboxylic acid groups (broad SMARTS) is 1. The summed E-state index contributed by atoms with van der Waals surface area (Å²) in [5, 5.41) is 22.3. The molecule has 2 aliphatic carbocycles. The number of hydrogen-bond donors (Lipinski definition) is 3. The van der Waals surface area contributed by atoms with E-state index in [1.165, 1.54) is 0 Å². The molecule has 2 amide bonds. The van der Waals surface area contributed by atoms with E-state index in [-0.39, 0.29) is 49.2 Å². The highest BCUT2D eigenvalue weighted by Gasteiger charge is 2.47. The quantitative estimate of drug-likeness (QED) is 0.564. The van der Waals surface area contributed by atoms with Crippen molar-refractivity contribution in [3.63, 3.8) is 0 Å². The lowest BCUT2D eigenvalue weighted by atomic mass is 9.85. The molecular weight excluding hydrogens is 448 g/mol. The van der Waals surface area contributed by atoms with Crippen LogP contribution in [0.15, 0.2) is 48.5 Å². The van der Waals surface area contributed by atoms with E-state index in [0.717, 1.165) is 35.1 Å². The highest BCUT2D eigenvalue weighted by molar-refractivity contribution is 5.79. The zero-order valence-electron chi connectivity index (χ0n) is 19.4. The van der Waals surface area contributed by atoms with Gasteiger partial charge in [-0.15, -0.1) is 0 Å². The van der Waals surface area contributed by atoms with Gasteiger partial charge in [0.1, 0.15) is 6.61 Å². The molecule has 3 atom stereocenters. The number of fused-ring (bicyclic) bond motifs is 5. The summed E-state index contributed by atoms with van der Waals surface area (Å²) in [7, 11) is 0. The molecule has 3 aliphatic rings. The van der Waals surface area contributed by atoms with Gasteiger partial charge in [-0.1, -0.05) is 48.5 Å². The molecular formula is C27H30N2O6. The Morgan fingerprint density at radius 3 is 2.11 bits per heavy atom. The Morgan fingerprint density at radius 2 is 1.54 bits per heavy atom. The van der Waals surface area contributed by atoms with Crippen molar-refractivity contribution in [1.29, 1.82) is 0 Å². The molecule has 0 aromatic heterocycles. The van der Waals surface area contributed by atoms with E-state index in [1.807, 2.05) is 36.4 Å². The fourth-order valence-corrected chi connectivity index (χ4v) is 6.08. The smallest absolute Gasteiger partial charge is 0.407 e. The van der Waals surface area contributed by atoms with E-state index in [2.05, 4.69) is 17.4 Å². The summed E-state index contributed by atoms with van der Waals surface area (Å²) in [5.41, 5.74) is 4.53. The number of nitrogens with zero attached hydrogens (tertiary/aromatic N) is 1. The van der Waals surface area contributed by atoms with E-state index in [4.69, 9.17) is 4.74 Å². The fraction of sp³-hybridized carbons (Fsp3) is 0.444. The second kappa shape index (κ2) is 9.70. The van der Waals surface area contributed by atoms with E-state index in [0.29, 0.717) is 13.1 Å². The van der Waals surface area contributed by atoms with E-state index < -0.39 is 18.2 Å². The summed E-state index contributed by atoms with van der Waals surface area (Å²) in [6, 6.07) is 16.2. The molecule has 1 aliphatic heterocycles. The fourth-order valence-electron chi connectivity index (χ4n) is 6.08. The monoisotopic (exact) mass is 478 g/mol. The van der Waals surface area contributed by atoms with Crippen LogP contribution in [0.5, 0.6) is 0 Å². The lowest BCUT2D eigenvalue weighted by Gasteiger charge is -2.36. The Morgan fingerprint density at radius 1 is 0.971 bits per heavy atom. The number of likely N-dealkylation sites (tertiary alicyclic amines) is 1. The summed E-state index contributed by atoms with van der Waals surface area (Å²) in [6.07, 6.45) is -0.174. The molecule has 184 valence electrons. The summed E-state index contributed by atoms with van der Waals surface area (Å²) in [6.45, 7) is 0.911. The molecule has 8 nitrogen and oxygen atoms in total. The second-order valence-electron chi connectivity index (χ2n) is 9.82. The normalized spacial score (nSPS) is 23.3. The number of alkyl carbamates (subject to hydrolysis) is 1. The van der Waals surface area contributed by atoms with Gasteiger partial charge in [-0.05, 0) is 46.9 Å². The Bertz CT molecular complexity index is 1070. The van der Waals surface area contributed by atoms with Crippen LogP contribution in [-0.2, 0) is 14.3 Å². The second-order valence-corrected chi connectivity index (χ2v) is 9.82. The lowest BCUT2D eigenvalue weighted by molar-refractivity contribution is -0.150. The Labute approximate surface area is 203 Å². The molecule has 5 rings (SSSR count). The van der Waals surface area contributed by atoms with Crippen LogP contribution in [0.4, 0.5) is 4.79 Å². The molecule has 0 radical (unpaired) electrons. The molecule has 1 saturated heterocycles. The maximum absolute atomic E-state index is 12.7. The minimum Gasteiger partial charge on any atom is -0.481 e. The number of aliphatic carboxylic acids is 1. The van der Waals surface area contributed by atoms with Crippen LogP contribution in [0.25, 0.3) is 11.1 Å². The van der Waals surface area contributed by atoms with Crippen molar-refractivity contribution in [3.8, 4) is 11.1 Å². The van der Waals surface area contributed by atoms with Crippen molar-refractivity contribution in [2.75, 3.05) is 26.2 Å². The third-order valence-electron chi connectivity index (χ3n) is 7.71. The van der Waals surface area contributed by atoms with Crippen molar-refractivity contribution in [1.82, 2.24) is 10.2 Å². The third-order valence-corrected chi connectivity index (χ3v) is 7.71. The van der Waals surface area contributed by atoms with Gasteiger partial charge in [0.2, 0.25) is 5.91 Å². The summed E-state index contributed by atoms with van der Waals surface area (Å²) in [4.78, 5) is 38.1. The zero-order valence-corrected chi connectivity index (χ0v) is 19.4. The van der Waals surface area contributed by atoms with Gasteiger partial charge in [0.05, 0.1) is 18.4 Å². The van der Waals surface area contributed by atoms with Gasteiger partial charge in [0.15, 0.2) is 0 Å². The maximum Gasteiger partial charge on any atom is 0.407 e. The van der Waals surface area contributed by atoms with E-state index in [1.54, 1.807) is 4.90 Å². The van der Waals surface area contributed by atoms with Crippen molar-refractivity contribution in [2.24, 2.45) is 17.8 Å². The van der Waals surface area contributed by atoms with Gasteiger partial charge in [0.25, 0.3) is 0 Å². The van der Waals surface area contributed by atoms with Gasteiger partial charge in [-0.3, -0.25) is 9.59 Å². The topological polar surface area (TPSA) is 116 Å². The Balaban J connectivity index is 1.09. The molecule has 2 fully saturated rings. The largest absolute Gasteiger partial charge is 0.481 e. The minimum atomic E-state index is -1.04. The molecule has 2 bridgehead atoms. The molecule has 1 heterocycles. The van der Waals surface area contributed by atoms with Crippen LogP contribution in [0.3, 0.4) is 0 Å². The van der Waals surface area contributed by atoms with Gasteiger partial charge >= 0.3 is 12.1 Å². The van der Waals surface area contributed by atoms with Crippen LogP contribution in [0.1, 0.15) is 36.3 Å². The van der Waals surface area contributed by atoms with E-state index in [9.17, 15) is 24.6 Å². The number of aliphatic hydroxyl groups is 1. The number of benzene rings is 2. The van der Waals surface area contributed by atoms with E-state index >= 15 is 0 Å². The molecule has 2 aromatic carbocycles. The molecule has 8 heteroatoms. The summed E-state index contributed by atoms with van der Waals surface area (Å²) in [5.74, 6) is -1.47. The van der Waals surface area contributed by atoms with Crippen molar-refractivity contribution in [2.45, 2.75) is 31.3 Å². The molecule has 3 N–H and O–H groups in total. The molecule has 3 unspecified atom stereocenters. The standard InChI is InChI=1S/C27H30N2O6/c30-18(11-24(31)29-13-16-9-10-17(14-29)25(16)26(32)33)12-28-27(34)35-15-23-21-7-3-1-5-19(21)20-6-2-4-8-22(20)23/h1-8,16-18,23,25,30H,9-15H2,(H,28,34)(H,32,33). The number of amides is 2. The van der Waals surface area contributed by atoms with Crippen LogP contribution in [0, 0.1) is 17.8 Å². The number of rotatable bonds is 7. The first-order valence-corrected chi connectivity index (χ1v) is 12.2. The van der Waals surface area contributed by atoms with Crippen molar-refractivity contribution in [3.05, 3.63) is 59.7 Å². The number of aliphatic hydroxyl groups excluding tert-OH is 1. The number of piperidine rings is 1.